The van der Waals surface area contributed by atoms with Gasteiger partial charge in [-0.05, 0) is 49.4 Å². The van der Waals surface area contributed by atoms with Crippen molar-refractivity contribution in [3.63, 3.8) is 0 Å². The molecular formula is C13H21NO. The second kappa shape index (κ2) is 4.67. The molecule has 0 aliphatic heterocycles. The van der Waals surface area contributed by atoms with Gasteiger partial charge in [0, 0.05) is 6.04 Å². The molecule has 0 saturated carbocycles. The van der Waals surface area contributed by atoms with E-state index >= 15 is 0 Å². The van der Waals surface area contributed by atoms with E-state index in [2.05, 4.69) is 6.92 Å². The Morgan fingerprint density at radius 3 is 2.40 bits per heavy atom. The summed E-state index contributed by atoms with van der Waals surface area (Å²) in [7, 11) is 0. The number of phenols is 1. The smallest absolute Gasteiger partial charge is 0.121 e. The van der Waals surface area contributed by atoms with Crippen molar-refractivity contribution in [2.24, 2.45) is 5.73 Å². The van der Waals surface area contributed by atoms with Gasteiger partial charge in [-0.25, -0.2) is 0 Å². The Morgan fingerprint density at radius 1 is 1.27 bits per heavy atom. The molecule has 0 radical (unpaired) electrons. The molecule has 2 heteroatoms. The number of phenolic OH excluding ortho intramolecular Hbond substituents is 1. The van der Waals surface area contributed by atoms with Crippen LogP contribution in [0, 0.1) is 20.8 Å². The molecular weight excluding hydrogens is 186 g/mol. The van der Waals surface area contributed by atoms with Crippen LogP contribution in [0.1, 0.15) is 48.1 Å². The van der Waals surface area contributed by atoms with Gasteiger partial charge >= 0.3 is 0 Å². The minimum atomic E-state index is 0.0907. The zero-order chi connectivity index (χ0) is 11.6. The average Bonchev–Trinajstić information content (AvgIpc) is 2.20. The highest BCUT2D eigenvalue weighted by Crippen LogP contribution is 2.31. The van der Waals surface area contributed by atoms with Crippen molar-refractivity contribution in [3.05, 3.63) is 28.3 Å². The molecule has 0 fully saturated rings. The van der Waals surface area contributed by atoms with E-state index in [1.54, 1.807) is 0 Å². The van der Waals surface area contributed by atoms with Crippen LogP contribution < -0.4 is 5.73 Å². The number of aryl methyl sites for hydroxylation is 1. The maximum absolute atomic E-state index is 9.78. The molecule has 1 unspecified atom stereocenters. The average molecular weight is 207 g/mol. The van der Waals surface area contributed by atoms with Crippen molar-refractivity contribution in [2.45, 2.75) is 46.6 Å². The summed E-state index contributed by atoms with van der Waals surface area (Å²) < 4.78 is 0. The number of rotatable bonds is 3. The largest absolute Gasteiger partial charge is 0.507 e. The van der Waals surface area contributed by atoms with Gasteiger partial charge in [0.25, 0.3) is 0 Å². The first kappa shape index (κ1) is 12.1. The summed E-state index contributed by atoms with van der Waals surface area (Å²) in [5.74, 6) is 0.403. The van der Waals surface area contributed by atoms with E-state index in [1.165, 1.54) is 5.56 Å². The minimum absolute atomic E-state index is 0.0907. The highest BCUT2D eigenvalue weighted by molar-refractivity contribution is 5.48. The number of hydrogen-bond donors (Lipinski definition) is 2. The van der Waals surface area contributed by atoms with Crippen LogP contribution in [-0.4, -0.2) is 5.11 Å². The molecule has 0 amide bonds. The van der Waals surface area contributed by atoms with E-state index in [1.807, 2.05) is 26.8 Å². The van der Waals surface area contributed by atoms with Crippen LogP contribution >= 0.6 is 0 Å². The Morgan fingerprint density at radius 2 is 1.87 bits per heavy atom. The molecule has 0 heterocycles. The number of aromatic hydroxyl groups is 1. The second-order valence-electron chi connectivity index (χ2n) is 4.28. The Bertz CT molecular complexity index is 358. The van der Waals surface area contributed by atoms with Crippen molar-refractivity contribution < 1.29 is 5.11 Å². The monoisotopic (exact) mass is 207 g/mol. The first-order valence-corrected chi connectivity index (χ1v) is 5.54. The summed E-state index contributed by atoms with van der Waals surface area (Å²) in [6, 6.07) is 2.10. The van der Waals surface area contributed by atoms with Crippen LogP contribution in [0.3, 0.4) is 0 Å². The topological polar surface area (TPSA) is 46.2 Å². The van der Waals surface area contributed by atoms with Gasteiger partial charge in [0.1, 0.15) is 5.75 Å². The van der Waals surface area contributed by atoms with E-state index in [9.17, 15) is 5.11 Å². The summed E-state index contributed by atoms with van der Waals surface area (Å²) in [5, 5.41) is 9.78. The molecule has 84 valence electrons. The molecule has 1 atom stereocenters. The SMILES string of the molecule is CCCC(N)c1cc(C)c(O)c(C)c1C. The van der Waals surface area contributed by atoms with Crippen LogP contribution in [0.5, 0.6) is 5.75 Å². The summed E-state index contributed by atoms with van der Waals surface area (Å²) in [6.07, 6.45) is 2.07. The first-order chi connectivity index (χ1) is 6.99. The lowest BCUT2D eigenvalue weighted by atomic mass is 9.92. The summed E-state index contributed by atoms with van der Waals surface area (Å²) in [6.45, 7) is 8.03. The Kier molecular flexibility index (Phi) is 3.75. The third kappa shape index (κ3) is 2.32. The van der Waals surface area contributed by atoms with Gasteiger partial charge in [0.2, 0.25) is 0 Å². The van der Waals surface area contributed by atoms with E-state index in [0.29, 0.717) is 5.75 Å². The summed E-state index contributed by atoms with van der Waals surface area (Å²) in [4.78, 5) is 0. The van der Waals surface area contributed by atoms with Crippen molar-refractivity contribution in [2.75, 3.05) is 0 Å². The predicted octanol–water partition coefficient (Wildman–Crippen LogP) is 3.12. The van der Waals surface area contributed by atoms with E-state index in [-0.39, 0.29) is 6.04 Å². The van der Waals surface area contributed by atoms with Crippen molar-refractivity contribution >= 4 is 0 Å². The lowest BCUT2D eigenvalue weighted by Gasteiger charge is -2.18. The molecule has 15 heavy (non-hydrogen) atoms. The van der Waals surface area contributed by atoms with Crippen LogP contribution in [0.25, 0.3) is 0 Å². The molecule has 1 aromatic carbocycles. The molecule has 0 saturated heterocycles. The molecule has 3 N–H and O–H groups in total. The molecule has 0 aliphatic rings. The third-order valence-corrected chi connectivity index (χ3v) is 3.10. The lowest BCUT2D eigenvalue weighted by molar-refractivity contribution is 0.465. The van der Waals surface area contributed by atoms with Crippen molar-refractivity contribution in [3.8, 4) is 5.75 Å². The van der Waals surface area contributed by atoms with Crippen LogP contribution in [-0.2, 0) is 0 Å². The predicted molar refractivity (Wildman–Crippen MR) is 64.2 cm³/mol. The fourth-order valence-electron chi connectivity index (χ4n) is 1.95. The normalized spacial score (nSPS) is 12.9. The second-order valence-corrected chi connectivity index (χ2v) is 4.28. The third-order valence-electron chi connectivity index (χ3n) is 3.10. The molecule has 0 aromatic heterocycles. The first-order valence-electron chi connectivity index (χ1n) is 5.54. The quantitative estimate of drug-likeness (QED) is 0.800. The zero-order valence-corrected chi connectivity index (χ0v) is 10.1. The van der Waals surface area contributed by atoms with E-state index in [0.717, 1.165) is 29.5 Å². The number of hydrogen-bond acceptors (Lipinski definition) is 2. The highest BCUT2D eigenvalue weighted by Gasteiger charge is 2.13. The van der Waals surface area contributed by atoms with E-state index in [4.69, 9.17) is 5.73 Å². The molecule has 0 bridgehead atoms. The van der Waals surface area contributed by atoms with Crippen molar-refractivity contribution in [1.29, 1.82) is 0 Å². The molecule has 0 spiro atoms. The van der Waals surface area contributed by atoms with Crippen molar-refractivity contribution in [1.82, 2.24) is 0 Å². The van der Waals surface area contributed by atoms with Gasteiger partial charge in [0.15, 0.2) is 0 Å². The Balaban J connectivity index is 3.19. The van der Waals surface area contributed by atoms with Gasteiger partial charge < -0.3 is 10.8 Å². The highest BCUT2D eigenvalue weighted by atomic mass is 16.3. The zero-order valence-electron chi connectivity index (χ0n) is 10.1. The van der Waals surface area contributed by atoms with Gasteiger partial charge in [0.05, 0.1) is 0 Å². The Hall–Kier alpha value is -1.02. The molecule has 1 rings (SSSR count). The minimum Gasteiger partial charge on any atom is -0.507 e. The fourth-order valence-corrected chi connectivity index (χ4v) is 1.95. The summed E-state index contributed by atoms with van der Waals surface area (Å²) >= 11 is 0. The van der Waals surface area contributed by atoms with Crippen LogP contribution in [0.2, 0.25) is 0 Å². The van der Waals surface area contributed by atoms with Gasteiger partial charge in [-0.3, -0.25) is 0 Å². The molecule has 2 nitrogen and oxygen atoms in total. The Labute approximate surface area is 92.1 Å². The van der Waals surface area contributed by atoms with Crippen LogP contribution in [0.15, 0.2) is 6.07 Å². The maximum Gasteiger partial charge on any atom is 0.121 e. The number of benzene rings is 1. The standard InChI is InChI=1S/C13H21NO/c1-5-6-12(14)11-7-8(2)13(15)10(4)9(11)3/h7,12,15H,5-6,14H2,1-4H3. The van der Waals surface area contributed by atoms with Gasteiger partial charge in [-0.1, -0.05) is 19.4 Å². The summed E-state index contributed by atoms with van der Waals surface area (Å²) in [5.41, 5.74) is 10.3. The van der Waals surface area contributed by atoms with E-state index < -0.39 is 0 Å². The molecule has 1 aromatic rings. The fraction of sp³-hybridized carbons (Fsp3) is 0.538. The molecule has 0 aliphatic carbocycles. The maximum atomic E-state index is 9.78. The van der Waals surface area contributed by atoms with Crippen LogP contribution in [0.4, 0.5) is 0 Å². The van der Waals surface area contributed by atoms with Gasteiger partial charge in [-0.2, -0.15) is 0 Å². The van der Waals surface area contributed by atoms with Gasteiger partial charge in [-0.15, -0.1) is 0 Å². The lowest BCUT2D eigenvalue weighted by Crippen LogP contribution is -2.12. The number of nitrogens with two attached hydrogens (primary N) is 1.